The van der Waals surface area contributed by atoms with Crippen molar-refractivity contribution in [1.82, 2.24) is 5.32 Å². The van der Waals surface area contributed by atoms with Crippen molar-refractivity contribution < 1.29 is 9.53 Å². The van der Waals surface area contributed by atoms with Crippen LogP contribution in [0.25, 0.3) is 0 Å². The van der Waals surface area contributed by atoms with Crippen LogP contribution in [0, 0.1) is 11.3 Å². The molecule has 1 saturated heterocycles. The van der Waals surface area contributed by atoms with Gasteiger partial charge in [0.2, 0.25) is 0 Å². The molecule has 1 saturated carbocycles. The van der Waals surface area contributed by atoms with Gasteiger partial charge in [0.15, 0.2) is 0 Å². The topological polar surface area (TPSA) is 64.4 Å². The minimum absolute atomic E-state index is 0.00278. The highest BCUT2D eigenvalue weighted by Gasteiger charge is 2.59. The number of fused-ring (bicyclic) bond motifs is 1. The second kappa shape index (κ2) is 4.86. The van der Waals surface area contributed by atoms with Crippen LogP contribution >= 0.6 is 0 Å². The van der Waals surface area contributed by atoms with Crippen LogP contribution in [0.2, 0.25) is 0 Å². The summed E-state index contributed by atoms with van der Waals surface area (Å²) in [5, 5.41) is 3.18. The summed E-state index contributed by atoms with van der Waals surface area (Å²) in [5.41, 5.74) is 7.32. The van der Waals surface area contributed by atoms with E-state index in [1.54, 1.807) is 0 Å². The zero-order valence-corrected chi connectivity index (χ0v) is 12.1. The molecule has 2 aliphatic rings. The van der Waals surface area contributed by atoms with Crippen LogP contribution in [0.1, 0.15) is 36.2 Å². The third-order valence-corrected chi connectivity index (χ3v) is 4.84. The standard InChI is InChI=1S/C16H22N2O2/c1-16(2)13(12-7-8-20-14(12)16)18-15(19)11-5-3-10(9-17)4-6-11/h3-6,12-14H,7-9,17H2,1-2H3,(H,18,19). The molecule has 1 aliphatic heterocycles. The Hall–Kier alpha value is -1.39. The van der Waals surface area contributed by atoms with Gasteiger partial charge in [-0.2, -0.15) is 0 Å². The SMILES string of the molecule is CC1(C)C(NC(=O)c2ccc(CN)cc2)C2CCOC21. The van der Waals surface area contributed by atoms with Gasteiger partial charge in [0.05, 0.1) is 6.10 Å². The molecule has 2 fully saturated rings. The Morgan fingerprint density at radius 1 is 1.40 bits per heavy atom. The Balaban J connectivity index is 1.69. The minimum Gasteiger partial charge on any atom is -0.377 e. The van der Waals surface area contributed by atoms with Gasteiger partial charge in [-0.3, -0.25) is 4.79 Å². The van der Waals surface area contributed by atoms with Crippen LogP contribution < -0.4 is 11.1 Å². The van der Waals surface area contributed by atoms with Gasteiger partial charge in [-0.05, 0) is 24.1 Å². The van der Waals surface area contributed by atoms with E-state index in [9.17, 15) is 4.79 Å². The highest BCUT2D eigenvalue weighted by atomic mass is 16.5. The van der Waals surface area contributed by atoms with Gasteiger partial charge >= 0.3 is 0 Å². The van der Waals surface area contributed by atoms with Gasteiger partial charge < -0.3 is 15.8 Å². The van der Waals surface area contributed by atoms with Crippen LogP contribution in [-0.2, 0) is 11.3 Å². The molecule has 1 heterocycles. The second-order valence-corrected chi connectivity index (χ2v) is 6.42. The van der Waals surface area contributed by atoms with Gasteiger partial charge in [0, 0.05) is 36.1 Å². The van der Waals surface area contributed by atoms with Crippen molar-refractivity contribution in [2.45, 2.75) is 39.0 Å². The van der Waals surface area contributed by atoms with Crippen molar-refractivity contribution in [2.75, 3.05) is 6.61 Å². The lowest BCUT2D eigenvalue weighted by molar-refractivity contribution is -0.108. The van der Waals surface area contributed by atoms with Crippen molar-refractivity contribution in [3.63, 3.8) is 0 Å². The maximum Gasteiger partial charge on any atom is 0.251 e. The van der Waals surface area contributed by atoms with Crippen LogP contribution in [0.3, 0.4) is 0 Å². The number of hydrogen-bond acceptors (Lipinski definition) is 3. The van der Waals surface area contributed by atoms with Crippen molar-refractivity contribution in [1.29, 1.82) is 0 Å². The molecule has 3 N–H and O–H groups in total. The minimum atomic E-state index is -0.00278. The van der Waals surface area contributed by atoms with Gasteiger partial charge in [0.25, 0.3) is 5.91 Å². The summed E-state index contributed by atoms with van der Waals surface area (Å²) in [7, 11) is 0. The van der Waals surface area contributed by atoms with E-state index in [-0.39, 0.29) is 17.4 Å². The number of rotatable bonds is 3. The summed E-state index contributed by atoms with van der Waals surface area (Å²) < 4.78 is 5.75. The largest absolute Gasteiger partial charge is 0.377 e. The summed E-state index contributed by atoms with van der Waals surface area (Å²) in [5.74, 6) is 0.467. The third-order valence-electron chi connectivity index (χ3n) is 4.84. The number of benzene rings is 1. The van der Waals surface area contributed by atoms with Crippen molar-refractivity contribution in [2.24, 2.45) is 17.1 Å². The monoisotopic (exact) mass is 274 g/mol. The molecule has 20 heavy (non-hydrogen) atoms. The average Bonchev–Trinajstić information content (AvgIpc) is 2.91. The lowest BCUT2D eigenvalue weighted by Gasteiger charge is -2.54. The Morgan fingerprint density at radius 3 is 2.75 bits per heavy atom. The maximum absolute atomic E-state index is 12.3. The molecule has 0 bridgehead atoms. The fourth-order valence-electron chi connectivity index (χ4n) is 3.63. The fourth-order valence-corrected chi connectivity index (χ4v) is 3.63. The van der Waals surface area contributed by atoms with E-state index < -0.39 is 0 Å². The van der Waals surface area contributed by atoms with Crippen molar-refractivity contribution in [3.8, 4) is 0 Å². The van der Waals surface area contributed by atoms with Gasteiger partial charge in [0.1, 0.15) is 0 Å². The number of amides is 1. The molecule has 1 aromatic rings. The summed E-state index contributed by atoms with van der Waals surface area (Å²) >= 11 is 0. The quantitative estimate of drug-likeness (QED) is 0.881. The first-order valence-corrected chi connectivity index (χ1v) is 7.25. The molecular weight excluding hydrogens is 252 g/mol. The number of carbonyl (C=O) groups excluding carboxylic acids is 1. The average molecular weight is 274 g/mol. The summed E-state index contributed by atoms with van der Waals surface area (Å²) in [6.07, 6.45) is 1.35. The summed E-state index contributed by atoms with van der Waals surface area (Å²) in [6, 6.07) is 7.69. The number of carbonyl (C=O) groups is 1. The highest BCUT2D eigenvalue weighted by Crippen LogP contribution is 2.52. The van der Waals surface area contributed by atoms with E-state index in [1.807, 2.05) is 24.3 Å². The number of hydrogen-bond donors (Lipinski definition) is 2. The molecule has 4 nitrogen and oxygen atoms in total. The molecule has 3 rings (SSSR count). The molecule has 0 aromatic heterocycles. The Morgan fingerprint density at radius 2 is 2.10 bits per heavy atom. The summed E-state index contributed by atoms with van der Waals surface area (Å²) in [4.78, 5) is 12.3. The molecule has 1 aliphatic carbocycles. The zero-order valence-electron chi connectivity index (χ0n) is 12.1. The molecule has 3 atom stereocenters. The molecule has 108 valence electrons. The summed E-state index contributed by atoms with van der Waals surface area (Å²) in [6.45, 7) is 5.65. The van der Waals surface area contributed by atoms with Crippen LogP contribution in [-0.4, -0.2) is 24.7 Å². The predicted molar refractivity (Wildman–Crippen MR) is 77.2 cm³/mol. The van der Waals surface area contributed by atoms with E-state index in [1.165, 1.54) is 0 Å². The first-order chi connectivity index (χ1) is 9.54. The van der Waals surface area contributed by atoms with Gasteiger partial charge in [-0.25, -0.2) is 0 Å². The Labute approximate surface area is 119 Å². The second-order valence-electron chi connectivity index (χ2n) is 6.42. The Kier molecular flexibility index (Phi) is 3.30. The van der Waals surface area contributed by atoms with E-state index in [0.29, 0.717) is 24.1 Å². The third kappa shape index (κ3) is 2.03. The molecule has 0 spiro atoms. The van der Waals surface area contributed by atoms with E-state index in [0.717, 1.165) is 18.6 Å². The van der Waals surface area contributed by atoms with Crippen molar-refractivity contribution >= 4 is 5.91 Å². The lowest BCUT2D eigenvalue weighted by atomic mass is 9.57. The zero-order chi connectivity index (χ0) is 14.3. The molecular formula is C16H22N2O2. The molecule has 1 amide bonds. The maximum atomic E-state index is 12.3. The lowest BCUT2D eigenvalue weighted by Crippen LogP contribution is -2.66. The van der Waals surface area contributed by atoms with Crippen LogP contribution in [0.4, 0.5) is 0 Å². The van der Waals surface area contributed by atoms with Gasteiger partial charge in [-0.1, -0.05) is 26.0 Å². The van der Waals surface area contributed by atoms with E-state index in [2.05, 4.69) is 19.2 Å². The number of nitrogens with two attached hydrogens (primary N) is 1. The van der Waals surface area contributed by atoms with E-state index in [4.69, 9.17) is 10.5 Å². The molecule has 4 heteroatoms. The molecule has 1 aromatic carbocycles. The number of nitrogens with one attached hydrogen (secondary N) is 1. The first kappa shape index (κ1) is 13.6. The highest BCUT2D eigenvalue weighted by molar-refractivity contribution is 5.94. The van der Waals surface area contributed by atoms with Gasteiger partial charge in [-0.15, -0.1) is 0 Å². The molecule has 0 radical (unpaired) electrons. The number of ether oxygens (including phenoxy) is 1. The normalized spacial score (nSPS) is 30.4. The first-order valence-electron chi connectivity index (χ1n) is 7.25. The smallest absolute Gasteiger partial charge is 0.251 e. The molecule has 3 unspecified atom stereocenters. The van der Waals surface area contributed by atoms with Crippen LogP contribution in [0.15, 0.2) is 24.3 Å². The predicted octanol–water partition coefficient (Wildman–Crippen LogP) is 1.69. The van der Waals surface area contributed by atoms with Crippen LogP contribution in [0.5, 0.6) is 0 Å². The fraction of sp³-hybridized carbons (Fsp3) is 0.562. The Bertz CT molecular complexity index is 510. The van der Waals surface area contributed by atoms with Crippen molar-refractivity contribution in [3.05, 3.63) is 35.4 Å². The van der Waals surface area contributed by atoms with E-state index >= 15 is 0 Å².